The summed E-state index contributed by atoms with van der Waals surface area (Å²) in [6.07, 6.45) is 5.27. The number of nitrogens with zero attached hydrogens (tertiary/aromatic N) is 3. The first-order chi connectivity index (χ1) is 11.2. The van der Waals surface area contributed by atoms with Crippen LogP contribution >= 0.6 is 0 Å². The Bertz CT molecular complexity index is 675. The number of carbonyl (C=O) groups is 1. The van der Waals surface area contributed by atoms with Gasteiger partial charge in [-0.15, -0.1) is 0 Å². The Morgan fingerprint density at radius 2 is 2.04 bits per heavy atom. The fraction of sp³-hybridized carbons (Fsp3) is 0.389. The molecule has 1 aliphatic heterocycles. The van der Waals surface area contributed by atoms with Crippen LogP contribution in [0.25, 0.3) is 0 Å². The van der Waals surface area contributed by atoms with E-state index in [1.807, 2.05) is 36.1 Å². The second kappa shape index (κ2) is 6.87. The van der Waals surface area contributed by atoms with Crippen LogP contribution in [0.4, 0.5) is 0 Å². The Balaban J connectivity index is 1.83. The molecule has 0 aliphatic carbocycles. The van der Waals surface area contributed by atoms with E-state index in [0.717, 1.165) is 5.56 Å². The molecule has 1 saturated heterocycles. The van der Waals surface area contributed by atoms with Gasteiger partial charge in [0.1, 0.15) is 5.69 Å². The third-order valence-corrected chi connectivity index (χ3v) is 4.46. The van der Waals surface area contributed by atoms with E-state index in [1.165, 1.54) is 5.56 Å². The lowest BCUT2D eigenvalue weighted by Gasteiger charge is -2.17. The summed E-state index contributed by atoms with van der Waals surface area (Å²) >= 11 is 0. The molecule has 0 spiro atoms. The smallest absolute Gasteiger partial charge is 0.272 e. The summed E-state index contributed by atoms with van der Waals surface area (Å²) < 4.78 is 5.37. The van der Waals surface area contributed by atoms with Crippen molar-refractivity contribution in [3.63, 3.8) is 0 Å². The van der Waals surface area contributed by atoms with Gasteiger partial charge in [0.2, 0.25) is 0 Å². The maximum atomic E-state index is 12.8. The summed E-state index contributed by atoms with van der Waals surface area (Å²) in [5.74, 6) is 0.557. The second-order valence-corrected chi connectivity index (χ2v) is 5.98. The highest BCUT2D eigenvalue weighted by atomic mass is 16.5. The van der Waals surface area contributed by atoms with Gasteiger partial charge >= 0.3 is 0 Å². The van der Waals surface area contributed by atoms with E-state index in [1.54, 1.807) is 25.7 Å². The van der Waals surface area contributed by atoms with Crippen molar-refractivity contribution in [3.8, 4) is 0 Å². The number of pyridine rings is 2. The van der Waals surface area contributed by atoms with Crippen LogP contribution in [-0.4, -0.2) is 47.6 Å². The lowest BCUT2D eigenvalue weighted by Crippen LogP contribution is -2.30. The fourth-order valence-electron chi connectivity index (χ4n) is 3.27. The number of aromatic nitrogens is 2. The standard InChI is InChI=1S/C18H21N3O2/c1-13-4-3-7-20-17(13)18(22)21-10-15(12-23-2)16(11-21)14-5-8-19-9-6-14/h3-9,15-16H,10-12H2,1-2H3/t15-,16-/m0/s1. The number of hydrogen-bond donors (Lipinski definition) is 0. The zero-order valence-electron chi connectivity index (χ0n) is 13.5. The number of carbonyl (C=O) groups excluding carboxylic acids is 1. The molecule has 0 N–H and O–H groups in total. The Hall–Kier alpha value is -2.27. The summed E-state index contributed by atoms with van der Waals surface area (Å²) in [5, 5.41) is 0. The number of likely N-dealkylation sites (tertiary alicyclic amines) is 1. The van der Waals surface area contributed by atoms with Crippen molar-refractivity contribution >= 4 is 5.91 Å². The number of rotatable bonds is 4. The molecule has 1 amide bonds. The summed E-state index contributed by atoms with van der Waals surface area (Å²) in [5.41, 5.74) is 2.65. The highest BCUT2D eigenvalue weighted by Crippen LogP contribution is 2.33. The van der Waals surface area contributed by atoms with Gasteiger partial charge in [-0.2, -0.15) is 0 Å². The van der Waals surface area contributed by atoms with Gasteiger partial charge in [-0.1, -0.05) is 6.07 Å². The molecule has 2 aromatic heterocycles. The Morgan fingerprint density at radius 1 is 1.26 bits per heavy atom. The first kappa shape index (κ1) is 15.6. The molecule has 1 aliphatic rings. The van der Waals surface area contributed by atoms with E-state index in [9.17, 15) is 4.79 Å². The molecule has 0 saturated carbocycles. The third kappa shape index (κ3) is 3.24. The maximum absolute atomic E-state index is 12.8. The predicted octanol–water partition coefficient (Wildman–Crippen LogP) is 2.29. The van der Waals surface area contributed by atoms with E-state index >= 15 is 0 Å². The normalized spacial score (nSPS) is 20.7. The molecule has 3 heterocycles. The van der Waals surface area contributed by atoms with Gasteiger partial charge < -0.3 is 9.64 Å². The largest absolute Gasteiger partial charge is 0.384 e. The van der Waals surface area contributed by atoms with E-state index < -0.39 is 0 Å². The van der Waals surface area contributed by atoms with Crippen molar-refractivity contribution < 1.29 is 9.53 Å². The maximum Gasteiger partial charge on any atom is 0.272 e. The van der Waals surface area contributed by atoms with Crippen molar-refractivity contribution in [2.75, 3.05) is 26.8 Å². The molecule has 0 radical (unpaired) electrons. The highest BCUT2D eigenvalue weighted by Gasteiger charge is 2.37. The van der Waals surface area contributed by atoms with Crippen LogP contribution in [0.3, 0.4) is 0 Å². The average Bonchev–Trinajstić information content (AvgIpc) is 3.00. The third-order valence-electron chi connectivity index (χ3n) is 4.46. The fourth-order valence-corrected chi connectivity index (χ4v) is 3.27. The highest BCUT2D eigenvalue weighted by molar-refractivity contribution is 5.93. The Kier molecular flexibility index (Phi) is 4.67. The second-order valence-electron chi connectivity index (χ2n) is 5.98. The van der Waals surface area contributed by atoms with Crippen LogP contribution in [0.2, 0.25) is 0 Å². The minimum Gasteiger partial charge on any atom is -0.384 e. The molecule has 0 aromatic carbocycles. The number of methoxy groups -OCH3 is 1. The summed E-state index contributed by atoms with van der Waals surface area (Å²) in [6, 6.07) is 7.81. The van der Waals surface area contributed by atoms with Gasteiger partial charge in [0.05, 0.1) is 6.61 Å². The number of aryl methyl sites for hydroxylation is 1. The summed E-state index contributed by atoms with van der Waals surface area (Å²) in [6.45, 7) is 3.93. The van der Waals surface area contributed by atoms with Gasteiger partial charge in [0.15, 0.2) is 0 Å². The van der Waals surface area contributed by atoms with Crippen molar-refractivity contribution in [2.45, 2.75) is 12.8 Å². The van der Waals surface area contributed by atoms with Crippen LogP contribution < -0.4 is 0 Å². The van der Waals surface area contributed by atoms with Gasteiger partial charge in [-0.3, -0.25) is 14.8 Å². The SMILES string of the molecule is COC[C@@H]1CN(C(=O)c2ncccc2C)C[C@H]1c1ccncc1. The van der Waals surface area contributed by atoms with E-state index in [0.29, 0.717) is 25.4 Å². The summed E-state index contributed by atoms with van der Waals surface area (Å²) in [7, 11) is 1.71. The number of ether oxygens (including phenoxy) is 1. The molecule has 1 fully saturated rings. The molecule has 2 aromatic rings. The van der Waals surface area contributed by atoms with E-state index in [-0.39, 0.29) is 17.7 Å². The quantitative estimate of drug-likeness (QED) is 0.869. The topological polar surface area (TPSA) is 55.3 Å². The molecular weight excluding hydrogens is 290 g/mol. The lowest BCUT2D eigenvalue weighted by molar-refractivity contribution is 0.0769. The van der Waals surface area contributed by atoms with Crippen LogP contribution in [-0.2, 0) is 4.74 Å². The molecular formula is C18H21N3O2. The predicted molar refractivity (Wildman–Crippen MR) is 87.2 cm³/mol. The van der Waals surface area contributed by atoms with Crippen molar-refractivity contribution in [3.05, 3.63) is 59.7 Å². The van der Waals surface area contributed by atoms with Crippen molar-refractivity contribution in [2.24, 2.45) is 5.92 Å². The molecule has 5 nitrogen and oxygen atoms in total. The average molecular weight is 311 g/mol. The van der Waals surface area contributed by atoms with Gasteiger partial charge in [-0.25, -0.2) is 0 Å². The van der Waals surface area contributed by atoms with E-state index in [2.05, 4.69) is 9.97 Å². The molecule has 0 bridgehead atoms. The van der Waals surface area contributed by atoms with Crippen molar-refractivity contribution in [1.82, 2.24) is 14.9 Å². The Morgan fingerprint density at radius 3 is 2.74 bits per heavy atom. The molecule has 5 heteroatoms. The molecule has 23 heavy (non-hydrogen) atoms. The van der Waals surface area contributed by atoms with Crippen molar-refractivity contribution in [1.29, 1.82) is 0 Å². The number of amides is 1. The van der Waals surface area contributed by atoms with Crippen LogP contribution in [0.1, 0.15) is 27.5 Å². The van der Waals surface area contributed by atoms with Crippen LogP contribution in [0.5, 0.6) is 0 Å². The minimum absolute atomic E-state index is 0.000703. The van der Waals surface area contributed by atoms with Gasteiger partial charge in [-0.05, 0) is 36.2 Å². The first-order valence-electron chi connectivity index (χ1n) is 7.80. The van der Waals surface area contributed by atoms with Crippen LogP contribution in [0, 0.1) is 12.8 Å². The van der Waals surface area contributed by atoms with E-state index in [4.69, 9.17) is 4.74 Å². The summed E-state index contributed by atoms with van der Waals surface area (Å²) in [4.78, 5) is 23.0. The lowest BCUT2D eigenvalue weighted by atomic mass is 9.90. The van der Waals surface area contributed by atoms with Gasteiger partial charge in [0, 0.05) is 50.6 Å². The zero-order valence-corrected chi connectivity index (χ0v) is 13.5. The van der Waals surface area contributed by atoms with Gasteiger partial charge in [0.25, 0.3) is 5.91 Å². The van der Waals surface area contributed by atoms with Crippen LogP contribution in [0.15, 0.2) is 42.9 Å². The number of hydrogen-bond acceptors (Lipinski definition) is 4. The monoisotopic (exact) mass is 311 g/mol. The minimum atomic E-state index is 0.000703. The molecule has 2 atom stereocenters. The zero-order chi connectivity index (χ0) is 16.2. The first-order valence-corrected chi connectivity index (χ1v) is 7.80. The Labute approximate surface area is 136 Å². The molecule has 120 valence electrons. The molecule has 0 unspecified atom stereocenters. The molecule has 3 rings (SSSR count).